The molecule has 0 bridgehead atoms. The third kappa shape index (κ3) is 4.44. The second-order valence-corrected chi connectivity index (χ2v) is 4.04. The van der Waals surface area contributed by atoms with Crippen molar-refractivity contribution in [3.05, 3.63) is 0 Å². The smallest absolute Gasteiger partial charge is 0.327 e. The van der Waals surface area contributed by atoms with Crippen molar-refractivity contribution in [3.8, 4) is 0 Å². The van der Waals surface area contributed by atoms with Crippen LogP contribution < -0.4 is 11.4 Å². The number of hydrazine groups is 1. The minimum Gasteiger partial charge on any atom is -0.396 e. The summed E-state index contributed by atoms with van der Waals surface area (Å²) in [5, 5.41) is 8.95. The first kappa shape index (κ1) is 13.4. The third-order valence-corrected chi connectivity index (χ3v) is 2.99. The quantitative estimate of drug-likeness (QED) is 0.423. The molecule has 0 aromatic rings. The van der Waals surface area contributed by atoms with Gasteiger partial charge in [0, 0.05) is 19.2 Å². The monoisotopic (exact) mass is 231 g/mol. The molecule has 4 N–H and O–H groups in total. The predicted octanol–water partition coefficient (Wildman–Crippen LogP) is -0.465. The predicted molar refractivity (Wildman–Crippen MR) is 58.9 cm³/mol. The summed E-state index contributed by atoms with van der Waals surface area (Å²) < 4.78 is 0. The Morgan fingerprint density at radius 1 is 1.56 bits per heavy atom. The average molecular weight is 231 g/mol. The molecule has 0 radical (unpaired) electrons. The number of likely N-dealkylation sites (tertiary alicyclic amines) is 1. The number of nitrogens with two attached hydrogens (primary N) is 1. The molecule has 0 aromatic heterocycles. The van der Waals surface area contributed by atoms with Gasteiger partial charge in [-0.3, -0.25) is 9.69 Å². The van der Waals surface area contributed by atoms with Crippen LogP contribution in [0, 0.1) is 0 Å². The van der Waals surface area contributed by atoms with Crippen LogP contribution in [0.1, 0.15) is 32.1 Å². The van der Waals surface area contributed by atoms with Crippen molar-refractivity contribution in [3.63, 3.8) is 0 Å². The summed E-state index contributed by atoms with van der Waals surface area (Å²) >= 11 is 0. The maximum atomic E-state index is 11.1. The van der Waals surface area contributed by atoms with Crippen LogP contribution in [0.25, 0.3) is 0 Å². The second kappa shape index (κ2) is 7.56. The van der Waals surface area contributed by atoms with Crippen LogP contribution >= 0.6 is 0 Å². The summed E-state index contributed by atoms with van der Waals surface area (Å²) in [6, 6.07) is 0.400. The third-order valence-electron chi connectivity index (χ3n) is 2.99. The highest BCUT2D eigenvalue weighted by molar-refractivity contribution is 5.69. The van der Waals surface area contributed by atoms with Gasteiger partial charge in [-0.25, -0.2) is 5.84 Å². The van der Waals surface area contributed by atoms with Crippen LogP contribution in [0.3, 0.4) is 0 Å². The van der Waals surface area contributed by atoms with Gasteiger partial charge < -0.3 is 9.94 Å². The van der Waals surface area contributed by atoms with Gasteiger partial charge in [0.05, 0.1) is 6.42 Å². The molecule has 1 rings (SSSR count). The van der Waals surface area contributed by atoms with Crippen LogP contribution in [0.5, 0.6) is 0 Å². The summed E-state index contributed by atoms with van der Waals surface area (Å²) in [6.07, 6.45) is 4.57. The van der Waals surface area contributed by atoms with E-state index in [1.165, 1.54) is 6.42 Å². The van der Waals surface area contributed by atoms with Crippen LogP contribution in [0.4, 0.5) is 0 Å². The number of aliphatic hydroxyl groups excluding tert-OH is 1. The molecule has 1 atom stereocenters. The number of carbonyl (C=O) groups excluding carboxylic acids is 1. The Labute approximate surface area is 95.7 Å². The first-order chi connectivity index (χ1) is 7.77. The van der Waals surface area contributed by atoms with Crippen LogP contribution in [-0.2, 0) is 9.63 Å². The van der Waals surface area contributed by atoms with E-state index in [0.717, 1.165) is 25.8 Å². The van der Waals surface area contributed by atoms with Crippen molar-refractivity contribution < 1.29 is 14.7 Å². The van der Waals surface area contributed by atoms with Gasteiger partial charge >= 0.3 is 5.97 Å². The number of piperidine rings is 1. The Kier molecular flexibility index (Phi) is 6.32. The molecule has 94 valence electrons. The van der Waals surface area contributed by atoms with Crippen LogP contribution in [-0.4, -0.2) is 41.7 Å². The van der Waals surface area contributed by atoms with E-state index in [1.807, 2.05) is 5.59 Å². The zero-order valence-electron chi connectivity index (χ0n) is 9.52. The first-order valence-corrected chi connectivity index (χ1v) is 5.78. The van der Waals surface area contributed by atoms with Crippen molar-refractivity contribution in [2.75, 3.05) is 19.7 Å². The van der Waals surface area contributed by atoms with Crippen LogP contribution in [0.2, 0.25) is 0 Å². The highest BCUT2D eigenvalue weighted by atomic mass is 16.7. The van der Waals surface area contributed by atoms with Gasteiger partial charge in [-0.15, -0.1) is 0 Å². The molecule has 1 fully saturated rings. The Balaban J connectivity index is 2.29. The summed E-state index contributed by atoms with van der Waals surface area (Å²) in [5.74, 6) is 4.52. The number of carbonyl (C=O) groups is 1. The Morgan fingerprint density at radius 3 is 3.06 bits per heavy atom. The number of hydrogen-bond donors (Lipinski definition) is 3. The van der Waals surface area contributed by atoms with Crippen molar-refractivity contribution in [1.29, 1.82) is 0 Å². The standard InChI is InChI=1S/C10H21N3O3/c11-12-16-10(15)4-7-13-6-2-1-3-9(13)5-8-14/h9,12,14H,1-8,11H2. The summed E-state index contributed by atoms with van der Waals surface area (Å²) in [4.78, 5) is 17.8. The van der Waals surface area contributed by atoms with Gasteiger partial charge in [0.2, 0.25) is 0 Å². The maximum Gasteiger partial charge on any atom is 0.327 e. The van der Waals surface area contributed by atoms with E-state index in [-0.39, 0.29) is 12.6 Å². The van der Waals surface area contributed by atoms with E-state index < -0.39 is 0 Å². The molecule has 0 spiro atoms. The van der Waals surface area contributed by atoms with E-state index in [1.54, 1.807) is 0 Å². The highest BCUT2D eigenvalue weighted by Gasteiger charge is 2.22. The number of hydrogen-bond acceptors (Lipinski definition) is 6. The van der Waals surface area contributed by atoms with E-state index in [9.17, 15) is 4.79 Å². The fourth-order valence-corrected chi connectivity index (χ4v) is 2.18. The molecule has 6 nitrogen and oxygen atoms in total. The van der Waals surface area contributed by atoms with Gasteiger partial charge in [0.25, 0.3) is 0 Å². The van der Waals surface area contributed by atoms with E-state index in [0.29, 0.717) is 19.0 Å². The molecule has 0 aromatic carbocycles. The molecule has 0 saturated carbocycles. The van der Waals surface area contributed by atoms with Crippen LogP contribution in [0.15, 0.2) is 0 Å². The minimum absolute atomic E-state index is 0.204. The Bertz CT molecular complexity index is 211. The van der Waals surface area contributed by atoms with E-state index in [4.69, 9.17) is 10.9 Å². The fourth-order valence-electron chi connectivity index (χ4n) is 2.18. The molecular formula is C10H21N3O3. The van der Waals surface area contributed by atoms with Crippen molar-refractivity contribution in [2.45, 2.75) is 38.1 Å². The molecule has 0 amide bonds. The van der Waals surface area contributed by atoms with Gasteiger partial charge in [0.15, 0.2) is 0 Å². The molecule has 16 heavy (non-hydrogen) atoms. The van der Waals surface area contributed by atoms with Gasteiger partial charge in [-0.05, 0) is 25.8 Å². The topological polar surface area (TPSA) is 87.8 Å². The largest absolute Gasteiger partial charge is 0.396 e. The number of rotatable bonds is 6. The number of aliphatic hydroxyl groups is 1. The van der Waals surface area contributed by atoms with Gasteiger partial charge in [0.1, 0.15) is 0 Å². The molecule has 1 aliphatic heterocycles. The Morgan fingerprint density at radius 2 is 2.38 bits per heavy atom. The second-order valence-electron chi connectivity index (χ2n) is 4.04. The normalized spacial score (nSPS) is 22.0. The molecule has 1 heterocycles. The summed E-state index contributed by atoms with van der Waals surface area (Å²) in [7, 11) is 0. The molecule has 6 heteroatoms. The Hall–Kier alpha value is -0.690. The van der Waals surface area contributed by atoms with Crippen molar-refractivity contribution >= 4 is 5.97 Å². The minimum atomic E-state index is -0.351. The van der Waals surface area contributed by atoms with E-state index >= 15 is 0 Å². The zero-order valence-corrected chi connectivity index (χ0v) is 9.52. The SMILES string of the molecule is NNOC(=O)CCN1CCCCC1CCO. The fraction of sp³-hybridized carbons (Fsp3) is 0.900. The van der Waals surface area contributed by atoms with Crippen molar-refractivity contribution in [1.82, 2.24) is 10.5 Å². The van der Waals surface area contributed by atoms with E-state index in [2.05, 4.69) is 9.74 Å². The first-order valence-electron chi connectivity index (χ1n) is 5.78. The van der Waals surface area contributed by atoms with Gasteiger partial charge in [-0.2, -0.15) is 0 Å². The molecule has 1 aliphatic rings. The summed E-state index contributed by atoms with van der Waals surface area (Å²) in [6.45, 7) is 1.87. The molecular weight excluding hydrogens is 210 g/mol. The molecule has 1 unspecified atom stereocenters. The lowest BCUT2D eigenvalue weighted by molar-refractivity contribution is -0.151. The molecule has 1 saturated heterocycles. The number of nitrogens with one attached hydrogen (secondary N) is 1. The lowest BCUT2D eigenvalue weighted by Crippen LogP contribution is -2.41. The lowest BCUT2D eigenvalue weighted by Gasteiger charge is -2.35. The zero-order chi connectivity index (χ0) is 11.8. The highest BCUT2D eigenvalue weighted by Crippen LogP contribution is 2.19. The molecule has 0 aliphatic carbocycles. The van der Waals surface area contributed by atoms with Crippen molar-refractivity contribution in [2.24, 2.45) is 5.84 Å². The maximum absolute atomic E-state index is 11.1. The lowest BCUT2D eigenvalue weighted by atomic mass is 9.99. The van der Waals surface area contributed by atoms with Gasteiger partial charge in [-0.1, -0.05) is 12.0 Å². The summed E-state index contributed by atoms with van der Waals surface area (Å²) in [5.41, 5.74) is 1.88. The average Bonchev–Trinajstić information content (AvgIpc) is 2.29. The number of nitrogens with zero attached hydrogens (tertiary/aromatic N) is 1.